The highest BCUT2D eigenvalue weighted by atomic mass is 16.7. The molecule has 0 bridgehead atoms. The summed E-state index contributed by atoms with van der Waals surface area (Å²) in [6.07, 6.45) is -0.350. The first kappa shape index (κ1) is 13.2. The van der Waals surface area contributed by atoms with Crippen molar-refractivity contribution >= 4 is 23.1 Å². The van der Waals surface area contributed by atoms with E-state index in [0.29, 0.717) is 30.2 Å². The van der Waals surface area contributed by atoms with Gasteiger partial charge in [0, 0.05) is 11.3 Å². The van der Waals surface area contributed by atoms with Crippen LogP contribution in [0.5, 0.6) is 0 Å². The van der Waals surface area contributed by atoms with E-state index in [1.807, 2.05) is 18.2 Å². The van der Waals surface area contributed by atoms with E-state index in [1.165, 1.54) is 4.90 Å². The number of carbonyl (C=O) groups excluding carboxylic acids is 2. The van der Waals surface area contributed by atoms with Crippen molar-refractivity contribution in [2.45, 2.75) is 6.29 Å². The summed E-state index contributed by atoms with van der Waals surface area (Å²) in [6, 6.07) is 14.3. The number of para-hydroxylation sites is 1. The van der Waals surface area contributed by atoms with E-state index in [-0.39, 0.29) is 6.29 Å². The van der Waals surface area contributed by atoms with Crippen LogP contribution in [0.25, 0.3) is 0 Å². The monoisotopic (exact) mass is 295 g/mol. The van der Waals surface area contributed by atoms with E-state index >= 15 is 0 Å². The number of rotatable bonds is 2. The van der Waals surface area contributed by atoms with Gasteiger partial charge in [0.1, 0.15) is 0 Å². The van der Waals surface area contributed by atoms with Crippen molar-refractivity contribution in [3.63, 3.8) is 0 Å². The maximum atomic E-state index is 12.2. The second-order valence-electron chi connectivity index (χ2n) is 5.15. The van der Waals surface area contributed by atoms with Gasteiger partial charge in [-0.2, -0.15) is 0 Å². The molecule has 0 aliphatic carbocycles. The van der Waals surface area contributed by atoms with Crippen LogP contribution >= 0.6 is 0 Å². The van der Waals surface area contributed by atoms with Gasteiger partial charge in [0.2, 0.25) is 0 Å². The number of carbonyl (C=O) groups is 2. The Kier molecular flexibility index (Phi) is 3.03. The van der Waals surface area contributed by atoms with Crippen LogP contribution in [0.3, 0.4) is 0 Å². The first-order chi connectivity index (χ1) is 10.8. The highest BCUT2D eigenvalue weighted by molar-refractivity contribution is 6.53. The molecular weight excluding hydrogens is 282 g/mol. The lowest BCUT2D eigenvalue weighted by Gasteiger charge is -2.17. The van der Waals surface area contributed by atoms with Crippen molar-refractivity contribution in [1.29, 1.82) is 0 Å². The van der Waals surface area contributed by atoms with Gasteiger partial charge >= 0.3 is 5.91 Å². The summed E-state index contributed by atoms with van der Waals surface area (Å²) in [5.74, 6) is -0.996. The lowest BCUT2D eigenvalue weighted by molar-refractivity contribution is -0.113. The Morgan fingerprint density at radius 2 is 1.59 bits per heavy atom. The lowest BCUT2D eigenvalue weighted by atomic mass is 10.1. The average Bonchev–Trinajstić information content (AvgIpc) is 3.17. The summed E-state index contributed by atoms with van der Waals surface area (Å²) >= 11 is 0. The van der Waals surface area contributed by atoms with Gasteiger partial charge in [0.05, 0.1) is 24.5 Å². The Hall–Kier alpha value is -2.50. The molecule has 4 rings (SSSR count). The van der Waals surface area contributed by atoms with E-state index in [9.17, 15) is 9.59 Å². The van der Waals surface area contributed by atoms with Crippen LogP contribution in [-0.2, 0) is 14.3 Å². The highest BCUT2D eigenvalue weighted by Gasteiger charge is 2.36. The van der Waals surface area contributed by atoms with Crippen molar-refractivity contribution in [1.82, 2.24) is 0 Å². The molecule has 0 radical (unpaired) electrons. The molecule has 1 amide bonds. The molecule has 0 saturated carbocycles. The van der Waals surface area contributed by atoms with Crippen molar-refractivity contribution in [3.05, 3.63) is 59.7 Å². The van der Waals surface area contributed by atoms with Gasteiger partial charge in [-0.3, -0.25) is 14.5 Å². The van der Waals surface area contributed by atoms with Crippen molar-refractivity contribution < 1.29 is 19.1 Å². The number of benzene rings is 2. The Morgan fingerprint density at radius 1 is 0.909 bits per heavy atom. The molecule has 0 unspecified atom stereocenters. The Labute approximate surface area is 127 Å². The molecule has 2 aliphatic rings. The third-order valence-corrected chi connectivity index (χ3v) is 3.83. The summed E-state index contributed by atoms with van der Waals surface area (Å²) in [4.78, 5) is 25.7. The predicted molar refractivity (Wildman–Crippen MR) is 79.0 cm³/mol. The SMILES string of the molecule is O=C1C(=O)N(c2ccc(C3OCCO3)cc2)c2ccccc21. The molecule has 1 saturated heterocycles. The fraction of sp³-hybridized carbons (Fsp3) is 0.176. The maximum absolute atomic E-state index is 12.2. The van der Waals surface area contributed by atoms with Gasteiger partial charge in [0.15, 0.2) is 6.29 Å². The second-order valence-corrected chi connectivity index (χ2v) is 5.15. The summed E-state index contributed by atoms with van der Waals surface area (Å²) in [6.45, 7) is 1.16. The summed E-state index contributed by atoms with van der Waals surface area (Å²) in [7, 11) is 0. The largest absolute Gasteiger partial charge is 0.346 e. The van der Waals surface area contributed by atoms with E-state index in [4.69, 9.17) is 9.47 Å². The van der Waals surface area contributed by atoms with Crippen LogP contribution in [0, 0.1) is 0 Å². The number of nitrogens with zero attached hydrogens (tertiary/aromatic N) is 1. The minimum atomic E-state index is -0.526. The smallest absolute Gasteiger partial charge is 0.304 e. The number of ketones is 1. The van der Waals surface area contributed by atoms with Crippen LogP contribution in [0.4, 0.5) is 11.4 Å². The Balaban J connectivity index is 1.70. The second kappa shape index (κ2) is 5.05. The lowest BCUT2D eigenvalue weighted by Crippen LogP contribution is -2.24. The fourth-order valence-corrected chi connectivity index (χ4v) is 2.77. The first-order valence-corrected chi connectivity index (χ1v) is 7.07. The maximum Gasteiger partial charge on any atom is 0.304 e. The molecule has 2 aromatic carbocycles. The highest BCUT2D eigenvalue weighted by Crippen LogP contribution is 2.36. The quantitative estimate of drug-likeness (QED) is 0.799. The molecule has 0 N–H and O–H groups in total. The minimum absolute atomic E-state index is 0.350. The summed E-state index contributed by atoms with van der Waals surface area (Å²) in [5.41, 5.74) is 2.62. The molecule has 5 nitrogen and oxygen atoms in total. The molecule has 0 spiro atoms. The predicted octanol–water partition coefficient (Wildman–Crippen LogP) is 2.59. The standard InChI is InChI=1S/C17H13NO4/c19-15-13-3-1-2-4-14(13)18(16(15)20)12-7-5-11(6-8-12)17-21-9-10-22-17/h1-8,17H,9-10H2. The van der Waals surface area contributed by atoms with E-state index in [2.05, 4.69) is 0 Å². The molecule has 0 aromatic heterocycles. The van der Waals surface area contributed by atoms with Gasteiger partial charge in [-0.15, -0.1) is 0 Å². The van der Waals surface area contributed by atoms with Gasteiger partial charge in [-0.1, -0.05) is 24.3 Å². The molecule has 2 aromatic rings. The normalized spacial score (nSPS) is 18.1. The fourth-order valence-electron chi connectivity index (χ4n) is 2.77. The van der Waals surface area contributed by atoms with E-state index < -0.39 is 11.7 Å². The third-order valence-electron chi connectivity index (χ3n) is 3.83. The number of fused-ring (bicyclic) bond motifs is 1. The number of hydrogen-bond acceptors (Lipinski definition) is 4. The number of Topliss-reactive ketones (excluding diaryl/α,β-unsaturated/α-hetero) is 1. The zero-order valence-electron chi connectivity index (χ0n) is 11.7. The number of anilines is 2. The molecule has 22 heavy (non-hydrogen) atoms. The van der Waals surface area contributed by atoms with Crippen LogP contribution in [0.2, 0.25) is 0 Å². The molecule has 110 valence electrons. The third kappa shape index (κ3) is 1.94. The van der Waals surface area contributed by atoms with Crippen LogP contribution < -0.4 is 4.90 Å². The Morgan fingerprint density at radius 3 is 2.32 bits per heavy atom. The summed E-state index contributed by atoms with van der Waals surface area (Å²) in [5, 5.41) is 0. The van der Waals surface area contributed by atoms with E-state index in [1.54, 1.807) is 30.3 Å². The summed E-state index contributed by atoms with van der Waals surface area (Å²) < 4.78 is 10.9. The molecule has 2 aliphatic heterocycles. The number of amides is 1. The van der Waals surface area contributed by atoms with Gasteiger partial charge in [-0.25, -0.2) is 0 Å². The minimum Gasteiger partial charge on any atom is -0.346 e. The number of ether oxygens (including phenoxy) is 2. The molecule has 5 heteroatoms. The van der Waals surface area contributed by atoms with Crippen LogP contribution in [-0.4, -0.2) is 24.9 Å². The zero-order valence-corrected chi connectivity index (χ0v) is 11.7. The van der Waals surface area contributed by atoms with Gasteiger partial charge < -0.3 is 9.47 Å². The molecule has 1 fully saturated rings. The molecule has 2 heterocycles. The van der Waals surface area contributed by atoms with E-state index in [0.717, 1.165) is 5.56 Å². The topological polar surface area (TPSA) is 55.8 Å². The van der Waals surface area contributed by atoms with Crippen LogP contribution in [0.15, 0.2) is 48.5 Å². The molecule has 0 atom stereocenters. The Bertz CT molecular complexity index is 748. The average molecular weight is 295 g/mol. The van der Waals surface area contributed by atoms with Crippen molar-refractivity contribution in [3.8, 4) is 0 Å². The molecular formula is C17H13NO4. The van der Waals surface area contributed by atoms with Gasteiger partial charge in [0.25, 0.3) is 5.78 Å². The first-order valence-electron chi connectivity index (χ1n) is 7.07. The number of hydrogen-bond donors (Lipinski definition) is 0. The van der Waals surface area contributed by atoms with Gasteiger partial charge in [-0.05, 0) is 24.3 Å². The van der Waals surface area contributed by atoms with Crippen LogP contribution in [0.1, 0.15) is 22.2 Å². The zero-order chi connectivity index (χ0) is 15.1. The van der Waals surface area contributed by atoms with Crippen molar-refractivity contribution in [2.75, 3.05) is 18.1 Å². The van der Waals surface area contributed by atoms with Crippen molar-refractivity contribution in [2.24, 2.45) is 0 Å².